The predicted octanol–water partition coefficient (Wildman–Crippen LogP) is 2.48. The highest BCUT2D eigenvalue weighted by Crippen LogP contribution is 2.18. The first-order valence-electron chi connectivity index (χ1n) is 5.98. The highest BCUT2D eigenvalue weighted by Gasteiger charge is 2.22. The molecule has 5 nitrogen and oxygen atoms in total. The summed E-state index contributed by atoms with van der Waals surface area (Å²) >= 11 is 2.91. The molecule has 0 radical (unpaired) electrons. The first-order valence-corrected chi connectivity index (χ1v) is 7.80. The number of nitrogens with one attached hydrogen (secondary N) is 2. The highest BCUT2D eigenvalue weighted by molar-refractivity contribution is 7.10. The average Bonchev–Trinajstić information content (AvgIpc) is 3.08. The first kappa shape index (κ1) is 14.5. The lowest BCUT2D eigenvalue weighted by Gasteiger charge is -2.13. The molecule has 0 aliphatic rings. The van der Waals surface area contributed by atoms with Crippen LogP contribution in [0.5, 0.6) is 0 Å². The molecule has 0 saturated carbocycles. The number of aliphatic carboxylic acids is 1. The molecule has 0 aromatic carbocycles. The van der Waals surface area contributed by atoms with Crippen molar-refractivity contribution in [2.75, 3.05) is 6.54 Å². The van der Waals surface area contributed by atoms with E-state index in [4.69, 9.17) is 5.11 Å². The summed E-state index contributed by atoms with van der Waals surface area (Å²) < 4.78 is 0. The van der Waals surface area contributed by atoms with Crippen LogP contribution in [0.2, 0.25) is 0 Å². The molecule has 0 fully saturated rings. The van der Waals surface area contributed by atoms with Gasteiger partial charge in [0, 0.05) is 11.4 Å². The van der Waals surface area contributed by atoms with E-state index >= 15 is 0 Å². The van der Waals surface area contributed by atoms with Crippen LogP contribution >= 0.6 is 22.7 Å². The minimum absolute atomic E-state index is 0.471. The van der Waals surface area contributed by atoms with Gasteiger partial charge in [0.2, 0.25) is 0 Å². The molecule has 0 spiro atoms. The van der Waals surface area contributed by atoms with Crippen molar-refractivity contribution >= 4 is 34.7 Å². The van der Waals surface area contributed by atoms with Crippen LogP contribution in [0.15, 0.2) is 34.3 Å². The minimum Gasteiger partial charge on any atom is -0.479 e. The van der Waals surface area contributed by atoms with Crippen LogP contribution in [0.4, 0.5) is 4.79 Å². The van der Waals surface area contributed by atoms with Crippen LogP contribution in [0.25, 0.3) is 0 Å². The van der Waals surface area contributed by atoms with E-state index in [1.54, 1.807) is 28.8 Å². The molecule has 2 heterocycles. The number of rotatable bonds is 6. The van der Waals surface area contributed by atoms with Crippen molar-refractivity contribution < 1.29 is 14.7 Å². The quantitative estimate of drug-likeness (QED) is 0.767. The molecular weight excluding hydrogens is 296 g/mol. The Balaban J connectivity index is 1.81. The third kappa shape index (κ3) is 4.07. The van der Waals surface area contributed by atoms with Gasteiger partial charge in [-0.1, -0.05) is 6.07 Å². The third-order valence-corrected chi connectivity index (χ3v) is 4.30. The highest BCUT2D eigenvalue weighted by atomic mass is 32.1. The number of urea groups is 1. The summed E-state index contributed by atoms with van der Waals surface area (Å²) in [7, 11) is 0. The Kier molecular flexibility index (Phi) is 5.14. The average molecular weight is 310 g/mol. The maximum absolute atomic E-state index is 11.7. The van der Waals surface area contributed by atoms with E-state index in [0.29, 0.717) is 11.4 Å². The fourth-order valence-electron chi connectivity index (χ4n) is 1.65. The number of amides is 2. The number of carbonyl (C=O) groups excluding carboxylic acids is 1. The van der Waals surface area contributed by atoms with Gasteiger partial charge in [-0.05, 0) is 40.3 Å². The van der Waals surface area contributed by atoms with Crippen molar-refractivity contribution in [2.45, 2.75) is 12.5 Å². The fraction of sp³-hybridized carbons (Fsp3) is 0.231. The van der Waals surface area contributed by atoms with Crippen molar-refractivity contribution in [3.8, 4) is 0 Å². The van der Waals surface area contributed by atoms with Crippen LogP contribution in [-0.2, 0) is 11.2 Å². The second-order valence-electron chi connectivity index (χ2n) is 4.07. The fourth-order valence-corrected chi connectivity index (χ4v) is 3.12. The van der Waals surface area contributed by atoms with Gasteiger partial charge in [-0.25, -0.2) is 9.59 Å². The summed E-state index contributed by atoms with van der Waals surface area (Å²) in [5, 5.41) is 20.0. The zero-order valence-corrected chi connectivity index (χ0v) is 12.2. The third-order valence-electron chi connectivity index (χ3n) is 2.63. The molecule has 0 saturated heterocycles. The smallest absolute Gasteiger partial charge is 0.331 e. The molecule has 7 heteroatoms. The molecule has 0 aliphatic carbocycles. The maximum Gasteiger partial charge on any atom is 0.331 e. The normalized spacial score (nSPS) is 11.8. The van der Waals surface area contributed by atoms with E-state index in [0.717, 1.165) is 12.0 Å². The zero-order valence-electron chi connectivity index (χ0n) is 10.5. The lowest BCUT2D eigenvalue weighted by molar-refractivity contribution is -0.139. The van der Waals surface area contributed by atoms with Gasteiger partial charge in [0.1, 0.15) is 0 Å². The summed E-state index contributed by atoms with van der Waals surface area (Å²) in [5.41, 5.74) is 1.16. The van der Waals surface area contributed by atoms with Crippen molar-refractivity contribution in [3.63, 3.8) is 0 Å². The minimum atomic E-state index is -1.07. The van der Waals surface area contributed by atoms with Gasteiger partial charge < -0.3 is 15.7 Å². The van der Waals surface area contributed by atoms with Crippen LogP contribution in [0.3, 0.4) is 0 Å². The molecule has 2 rings (SSSR count). The van der Waals surface area contributed by atoms with Gasteiger partial charge in [0.05, 0.1) is 0 Å². The van der Waals surface area contributed by atoms with Crippen molar-refractivity contribution in [2.24, 2.45) is 0 Å². The van der Waals surface area contributed by atoms with Gasteiger partial charge in [-0.3, -0.25) is 0 Å². The van der Waals surface area contributed by atoms with E-state index < -0.39 is 18.0 Å². The van der Waals surface area contributed by atoms with E-state index in [1.165, 1.54) is 11.3 Å². The lowest BCUT2D eigenvalue weighted by atomic mass is 10.2. The Bertz CT molecular complexity index is 552. The van der Waals surface area contributed by atoms with Gasteiger partial charge in [-0.15, -0.1) is 11.3 Å². The Morgan fingerprint density at radius 2 is 2.15 bits per heavy atom. The Hall–Kier alpha value is -1.86. The van der Waals surface area contributed by atoms with Gasteiger partial charge >= 0.3 is 12.0 Å². The van der Waals surface area contributed by atoms with E-state index in [9.17, 15) is 9.59 Å². The molecule has 0 aliphatic heterocycles. The maximum atomic E-state index is 11.7. The van der Waals surface area contributed by atoms with Crippen LogP contribution < -0.4 is 10.6 Å². The summed E-state index contributed by atoms with van der Waals surface area (Å²) in [6, 6.07) is 3.97. The molecule has 20 heavy (non-hydrogen) atoms. The Labute approximate surface area is 124 Å². The molecule has 0 bridgehead atoms. The SMILES string of the molecule is O=C(NCCc1ccsc1)NC(C(=O)O)c1cccs1. The van der Waals surface area contributed by atoms with Crippen molar-refractivity contribution in [1.29, 1.82) is 0 Å². The summed E-state index contributed by atoms with van der Waals surface area (Å²) in [6.07, 6.45) is 0.730. The number of carboxylic acids is 1. The van der Waals surface area contributed by atoms with Crippen molar-refractivity contribution in [1.82, 2.24) is 10.6 Å². The molecule has 2 amide bonds. The standard InChI is InChI=1S/C13H14N2O3S2/c16-12(17)11(10-2-1-6-20-10)15-13(18)14-5-3-9-4-7-19-8-9/h1-2,4,6-8,11H,3,5H2,(H,16,17)(H2,14,15,18). The van der Waals surface area contributed by atoms with Crippen LogP contribution in [-0.4, -0.2) is 23.7 Å². The predicted molar refractivity (Wildman–Crippen MR) is 79.3 cm³/mol. The molecule has 1 unspecified atom stereocenters. The molecule has 106 valence electrons. The largest absolute Gasteiger partial charge is 0.479 e. The van der Waals surface area contributed by atoms with Crippen LogP contribution in [0, 0.1) is 0 Å². The number of hydrogen-bond acceptors (Lipinski definition) is 4. The van der Waals surface area contributed by atoms with E-state index in [-0.39, 0.29) is 0 Å². The molecule has 3 N–H and O–H groups in total. The van der Waals surface area contributed by atoms with Gasteiger partial charge in [-0.2, -0.15) is 11.3 Å². The Morgan fingerprint density at radius 1 is 1.30 bits per heavy atom. The number of thiophene rings is 2. The topological polar surface area (TPSA) is 78.4 Å². The summed E-state index contributed by atoms with van der Waals surface area (Å²) in [6.45, 7) is 0.472. The zero-order chi connectivity index (χ0) is 14.4. The molecule has 2 aromatic rings. The van der Waals surface area contributed by atoms with Gasteiger partial charge in [0.15, 0.2) is 6.04 Å². The molecular formula is C13H14N2O3S2. The van der Waals surface area contributed by atoms with Crippen molar-refractivity contribution in [3.05, 3.63) is 44.8 Å². The summed E-state index contributed by atoms with van der Waals surface area (Å²) in [5.74, 6) is -1.07. The monoisotopic (exact) mass is 310 g/mol. The Morgan fingerprint density at radius 3 is 2.75 bits per heavy atom. The van der Waals surface area contributed by atoms with E-state index in [2.05, 4.69) is 10.6 Å². The van der Waals surface area contributed by atoms with Gasteiger partial charge in [0.25, 0.3) is 0 Å². The second-order valence-corrected chi connectivity index (χ2v) is 5.83. The summed E-state index contributed by atoms with van der Waals surface area (Å²) in [4.78, 5) is 23.5. The number of carbonyl (C=O) groups is 2. The number of hydrogen-bond donors (Lipinski definition) is 3. The number of carboxylic acid groups (broad SMARTS) is 1. The molecule has 2 aromatic heterocycles. The second kappa shape index (κ2) is 7.06. The van der Waals surface area contributed by atoms with Crippen LogP contribution in [0.1, 0.15) is 16.5 Å². The first-order chi connectivity index (χ1) is 9.66. The lowest BCUT2D eigenvalue weighted by Crippen LogP contribution is -2.41. The van der Waals surface area contributed by atoms with E-state index in [1.807, 2.05) is 16.8 Å². The molecule has 1 atom stereocenters.